The third-order valence-corrected chi connectivity index (χ3v) is 5.98. The second-order valence-electron chi connectivity index (χ2n) is 8.22. The number of nitrogens with zero attached hydrogens (tertiary/aromatic N) is 2. The molecule has 4 heteroatoms. The molecule has 0 saturated heterocycles. The summed E-state index contributed by atoms with van der Waals surface area (Å²) in [5, 5.41) is 1.09. The average Bonchev–Trinajstić information content (AvgIpc) is 2.87. The molecule has 2 aromatic heterocycles. The first kappa shape index (κ1) is 20.9. The van der Waals surface area contributed by atoms with Crippen molar-refractivity contribution in [3.63, 3.8) is 0 Å². The summed E-state index contributed by atoms with van der Waals surface area (Å²) in [7, 11) is 0. The molecule has 0 aliphatic carbocycles. The minimum Gasteiger partial charge on any atom is -0.399 e. The van der Waals surface area contributed by atoms with Crippen molar-refractivity contribution in [1.29, 1.82) is 0 Å². The summed E-state index contributed by atoms with van der Waals surface area (Å²) in [6.45, 7) is 0.527. The van der Waals surface area contributed by atoms with Crippen molar-refractivity contribution < 1.29 is 0 Å². The summed E-state index contributed by atoms with van der Waals surface area (Å²) in [6.07, 6.45) is 3.55. The van der Waals surface area contributed by atoms with Crippen molar-refractivity contribution in [2.24, 2.45) is 5.73 Å². The normalized spacial score (nSPS) is 11.1. The summed E-state index contributed by atoms with van der Waals surface area (Å²) in [4.78, 5) is 9.83. The number of pyridine rings is 2. The van der Waals surface area contributed by atoms with Crippen molar-refractivity contribution in [2.75, 3.05) is 5.73 Å². The van der Waals surface area contributed by atoms with E-state index in [1.54, 1.807) is 0 Å². The van der Waals surface area contributed by atoms with Gasteiger partial charge in [0.2, 0.25) is 0 Å². The van der Waals surface area contributed by atoms with E-state index >= 15 is 0 Å². The van der Waals surface area contributed by atoms with Gasteiger partial charge in [-0.3, -0.25) is 4.98 Å². The Morgan fingerprint density at radius 2 is 1.52 bits per heavy atom. The van der Waals surface area contributed by atoms with E-state index in [4.69, 9.17) is 21.4 Å². The lowest BCUT2D eigenvalue weighted by Crippen LogP contribution is -2.00. The number of nitrogens with two attached hydrogens (primary N) is 2. The van der Waals surface area contributed by atoms with Crippen LogP contribution in [-0.2, 0) is 19.4 Å². The van der Waals surface area contributed by atoms with E-state index in [0.29, 0.717) is 6.54 Å². The molecule has 4 nitrogen and oxygen atoms in total. The molecule has 0 atom stereocenters. The van der Waals surface area contributed by atoms with Gasteiger partial charge in [-0.2, -0.15) is 0 Å². The average molecular weight is 431 g/mol. The smallest absolute Gasteiger partial charge is 0.0788 e. The molecule has 3 aromatic carbocycles. The molecule has 0 saturated carbocycles. The van der Waals surface area contributed by atoms with Gasteiger partial charge in [0, 0.05) is 34.9 Å². The van der Waals surface area contributed by atoms with E-state index in [9.17, 15) is 0 Å². The van der Waals surface area contributed by atoms with Crippen molar-refractivity contribution in [3.05, 3.63) is 114 Å². The van der Waals surface area contributed by atoms with Gasteiger partial charge in [0.05, 0.1) is 16.9 Å². The van der Waals surface area contributed by atoms with Gasteiger partial charge < -0.3 is 11.5 Å². The van der Waals surface area contributed by atoms with Crippen molar-refractivity contribution >= 4 is 16.6 Å². The highest BCUT2D eigenvalue weighted by atomic mass is 14.7. The van der Waals surface area contributed by atoms with Gasteiger partial charge in [-0.15, -0.1) is 0 Å². The van der Waals surface area contributed by atoms with E-state index in [0.717, 1.165) is 63.1 Å². The Labute approximate surface area is 193 Å². The van der Waals surface area contributed by atoms with Crippen LogP contribution in [0.5, 0.6) is 0 Å². The van der Waals surface area contributed by atoms with Gasteiger partial charge >= 0.3 is 0 Å². The monoisotopic (exact) mass is 430 g/mol. The Kier molecular flexibility index (Phi) is 5.83. The Bertz CT molecular complexity index is 1390. The molecule has 0 amide bonds. The molecule has 4 N–H and O–H groups in total. The molecular formula is C29H26N4. The minimum atomic E-state index is 0.527. The standard InChI is InChI=1S/C29H26N4/c30-19-21-9-12-23(13-10-21)29-25(22-6-2-1-3-7-22)18-26-27(32-16-15-28(26)33-29)14-11-20-5-4-8-24(31)17-20/h1-10,12-13,15-18H,11,14,19,30-31H2. The zero-order valence-corrected chi connectivity index (χ0v) is 18.4. The lowest BCUT2D eigenvalue weighted by Gasteiger charge is -2.14. The first-order valence-corrected chi connectivity index (χ1v) is 11.2. The fourth-order valence-electron chi connectivity index (χ4n) is 4.22. The number of hydrogen-bond donors (Lipinski definition) is 2. The summed E-state index contributed by atoms with van der Waals surface area (Å²) >= 11 is 0. The van der Waals surface area contributed by atoms with Crippen molar-refractivity contribution in [1.82, 2.24) is 9.97 Å². The molecule has 5 aromatic rings. The SMILES string of the molecule is NCc1ccc(-c2nc3ccnc(CCc4cccc(N)c4)c3cc2-c2ccccc2)cc1. The van der Waals surface area contributed by atoms with Crippen LogP contribution in [0.2, 0.25) is 0 Å². The molecular weight excluding hydrogens is 404 g/mol. The fourth-order valence-corrected chi connectivity index (χ4v) is 4.22. The van der Waals surface area contributed by atoms with Crippen LogP contribution >= 0.6 is 0 Å². The van der Waals surface area contributed by atoms with Crippen LogP contribution in [0.3, 0.4) is 0 Å². The number of rotatable bonds is 6. The van der Waals surface area contributed by atoms with Gasteiger partial charge in [0.25, 0.3) is 0 Å². The zero-order valence-electron chi connectivity index (χ0n) is 18.4. The zero-order chi connectivity index (χ0) is 22.6. The molecule has 0 unspecified atom stereocenters. The van der Waals surface area contributed by atoms with Crippen LogP contribution in [0.15, 0.2) is 97.2 Å². The summed E-state index contributed by atoms with van der Waals surface area (Å²) in [5.74, 6) is 0. The van der Waals surface area contributed by atoms with Gasteiger partial charge in [0.1, 0.15) is 0 Å². The topological polar surface area (TPSA) is 77.8 Å². The van der Waals surface area contributed by atoms with Crippen LogP contribution in [-0.4, -0.2) is 9.97 Å². The highest BCUT2D eigenvalue weighted by molar-refractivity contribution is 5.92. The van der Waals surface area contributed by atoms with E-state index < -0.39 is 0 Å². The summed E-state index contributed by atoms with van der Waals surface area (Å²) in [5.41, 5.74) is 21.1. The maximum atomic E-state index is 5.96. The Morgan fingerprint density at radius 1 is 0.697 bits per heavy atom. The number of hydrogen-bond acceptors (Lipinski definition) is 4. The second-order valence-corrected chi connectivity index (χ2v) is 8.22. The molecule has 0 radical (unpaired) electrons. The molecule has 5 rings (SSSR count). The molecule has 2 heterocycles. The van der Waals surface area contributed by atoms with Crippen molar-refractivity contribution in [2.45, 2.75) is 19.4 Å². The predicted octanol–water partition coefficient (Wildman–Crippen LogP) is 5.79. The van der Waals surface area contributed by atoms with Gasteiger partial charge in [-0.25, -0.2) is 4.98 Å². The molecule has 0 aliphatic heterocycles. The Balaban J connectivity index is 1.62. The third-order valence-electron chi connectivity index (χ3n) is 5.98. The Morgan fingerprint density at radius 3 is 2.27 bits per heavy atom. The van der Waals surface area contributed by atoms with Crippen LogP contribution in [0.4, 0.5) is 5.69 Å². The largest absolute Gasteiger partial charge is 0.399 e. The van der Waals surface area contributed by atoms with E-state index in [2.05, 4.69) is 60.7 Å². The number of aryl methyl sites for hydroxylation is 2. The first-order chi connectivity index (χ1) is 16.2. The highest BCUT2D eigenvalue weighted by Gasteiger charge is 2.14. The molecule has 162 valence electrons. The maximum Gasteiger partial charge on any atom is 0.0788 e. The summed E-state index contributed by atoms with van der Waals surface area (Å²) < 4.78 is 0. The van der Waals surface area contributed by atoms with Gasteiger partial charge in [-0.05, 0) is 53.8 Å². The molecule has 0 spiro atoms. The van der Waals surface area contributed by atoms with Crippen molar-refractivity contribution in [3.8, 4) is 22.4 Å². The Hall–Kier alpha value is -4.02. The fraction of sp³-hybridized carbons (Fsp3) is 0.103. The minimum absolute atomic E-state index is 0.527. The van der Waals surface area contributed by atoms with Crippen LogP contribution in [0.1, 0.15) is 16.8 Å². The number of benzene rings is 3. The molecule has 33 heavy (non-hydrogen) atoms. The highest BCUT2D eigenvalue weighted by Crippen LogP contribution is 2.34. The molecule has 0 bridgehead atoms. The van der Waals surface area contributed by atoms with Crippen LogP contribution < -0.4 is 11.5 Å². The summed E-state index contributed by atoms with van der Waals surface area (Å²) in [6, 6.07) is 31.0. The van der Waals surface area contributed by atoms with Crippen LogP contribution in [0, 0.1) is 0 Å². The lowest BCUT2D eigenvalue weighted by atomic mass is 9.96. The predicted molar refractivity (Wildman–Crippen MR) is 137 cm³/mol. The van der Waals surface area contributed by atoms with Gasteiger partial charge in [-0.1, -0.05) is 66.7 Å². The van der Waals surface area contributed by atoms with E-state index in [-0.39, 0.29) is 0 Å². The quantitative estimate of drug-likeness (QED) is 0.334. The third kappa shape index (κ3) is 4.47. The second kappa shape index (κ2) is 9.23. The lowest BCUT2D eigenvalue weighted by molar-refractivity contribution is 0.925. The first-order valence-electron chi connectivity index (χ1n) is 11.2. The molecule has 0 aliphatic rings. The van der Waals surface area contributed by atoms with Gasteiger partial charge in [0.15, 0.2) is 0 Å². The molecule has 0 fully saturated rings. The number of anilines is 1. The number of fused-ring (bicyclic) bond motifs is 1. The number of nitrogen functional groups attached to an aromatic ring is 1. The van der Waals surface area contributed by atoms with E-state index in [1.165, 1.54) is 5.56 Å². The number of aromatic nitrogens is 2. The maximum absolute atomic E-state index is 5.96. The van der Waals surface area contributed by atoms with E-state index in [1.807, 2.05) is 36.5 Å². The van der Waals surface area contributed by atoms with Crippen LogP contribution in [0.25, 0.3) is 33.3 Å².